The van der Waals surface area contributed by atoms with Crippen LogP contribution in [-0.2, 0) is 13.6 Å². The first-order chi connectivity index (χ1) is 22.4. The van der Waals surface area contributed by atoms with Crippen molar-refractivity contribution in [1.82, 2.24) is 29.0 Å². The number of rotatable bonds is 9. The number of benzene rings is 2. The Labute approximate surface area is 271 Å². The van der Waals surface area contributed by atoms with Crippen LogP contribution in [0.4, 0.5) is 17.3 Å². The monoisotopic (exact) mass is 628 g/mol. The van der Waals surface area contributed by atoms with Gasteiger partial charge in [0, 0.05) is 71.5 Å². The number of likely N-dealkylation sites (tertiary alicyclic amines) is 1. The molecule has 2 aromatic carbocycles. The van der Waals surface area contributed by atoms with Crippen LogP contribution in [0.1, 0.15) is 29.5 Å². The number of aromatic nitrogens is 5. The second-order valence-electron chi connectivity index (χ2n) is 11.9. The number of nitrogens with zero attached hydrogens (tertiary/aromatic N) is 6. The van der Waals surface area contributed by atoms with E-state index < -0.39 is 0 Å². The van der Waals surface area contributed by atoms with Crippen molar-refractivity contribution in [2.75, 3.05) is 30.8 Å². The van der Waals surface area contributed by atoms with E-state index >= 15 is 0 Å². The van der Waals surface area contributed by atoms with Crippen molar-refractivity contribution in [3.63, 3.8) is 0 Å². The summed E-state index contributed by atoms with van der Waals surface area (Å²) < 4.78 is 3.77. The first-order valence-electron chi connectivity index (χ1n) is 15.4. The minimum absolute atomic E-state index is 0.163. The Morgan fingerprint density at radius 1 is 1.04 bits per heavy atom. The molecule has 1 saturated heterocycles. The molecule has 10 heteroatoms. The number of fused-ring (bicyclic) bond motifs is 1. The van der Waals surface area contributed by atoms with Crippen LogP contribution in [0.2, 0.25) is 0 Å². The summed E-state index contributed by atoms with van der Waals surface area (Å²) >= 11 is 1.57. The molecular formula is C36H36N8OS. The van der Waals surface area contributed by atoms with Gasteiger partial charge in [-0.3, -0.25) is 9.36 Å². The molecule has 1 aliphatic heterocycles. The summed E-state index contributed by atoms with van der Waals surface area (Å²) in [6, 6.07) is 22.3. The maximum absolute atomic E-state index is 14.3. The molecule has 0 saturated carbocycles. The van der Waals surface area contributed by atoms with Gasteiger partial charge < -0.3 is 20.1 Å². The number of aryl methyl sites for hydroxylation is 1. The maximum atomic E-state index is 14.3. The van der Waals surface area contributed by atoms with Crippen LogP contribution < -0.4 is 16.2 Å². The summed E-state index contributed by atoms with van der Waals surface area (Å²) in [5.74, 6) is 0.415. The Bertz CT molecular complexity index is 2050. The van der Waals surface area contributed by atoms with Crippen molar-refractivity contribution in [2.24, 2.45) is 7.05 Å². The summed E-state index contributed by atoms with van der Waals surface area (Å²) in [4.78, 5) is 30.7. The van der Waals surface area contributed by atoms with Gasteiger partial charge in [0.15, 0.2) is 0 Å². The number of hydrogen-bond donors (Lipinski definition) is 2. The highest BCUT2D eigenvalue weighted by Crippen LogP contribution is 2.29. The molecule has 7 rings (SSSR count). The lowest BCUT2D eigenvalue weighted by atomic mass is 10.00. The molecule has 0 aliphatic carbocycles. The van der Waals surface area contributed by atoms with Gasteiger partial charge in [0.25, 0.3) is 5.56 Å². The van der Waals surface area contributed by atoms with Gasteiger partial charge in [-0.1, -0.05) is 36.9 Å². The number of hydrogen-bond acceptors (Lipinski definition) is 8. The molecule has 0 amide bonds. The Morgan fingerprint density at radius 2 is 1.85 bits per heavy atom. The average Bonchev–Trinajstić information content (AvgIpc) is 3.73. The van der Waals surface area contributed by atoms with Crippen LogP contribution in [0.3, 0.4) is 0 Å². The first kappa shape index (κ1) is 29.6. The normalized spacial score (nSPS) is 15.2. The van der Waals surface area contributed by atoms with Gasteiger partial charge in [0.05, 0.1) is 12.2 Å². The van der Waals surface area contributed by atoms with E-state index in [1.807, 2.05) is 77.8 Å². The fourth-order valence-electron chi connectivity index (χ4n) is 6.18. The number of likely N-dealkylation sites (N-methyl/N-ethyl adjacent to an activating group) is 1. The molecule has 232 valence electrons. The van der Waals surface area contributed by atoms with Gasteiger partial charge in [-0.15, -0.1) is 11.3 Å². The van der Waals surface area contributed by atoms with Crippen LogP contribution >= 0.6 is 11.3 Å². The third-order valence-electron chi connectivity index (χ3n) is 8.53. The van der Waals surface area contributed by atoms with E-state index in [4.69, 9.17) is 4.98 Å². The molecule has 9 nitrogen and oxygen atoms in total. The lowest BCUT2D eigenvalue weighted by Crippen LogP contribution is -2.39. The minimum Gasteiger partial charge on any atom is -0.381 e. The Kier molecular flexibility index (Phi) is 8.21. The second-order valence-corrected chi connectivity index (χ2v) is 12.7. The van der Waals surface area contributed by atoms with E-state index in [2.05, 4.69) is 51.3 Å². The standard InChI is InChI=1S/C36H36N8OS/c1-24(25-8-5-4-6-9-25)31-20-27-21-38-36(40-29-13-11-28(12-14-29)39-30-10-7-17-42(2)23-30)41-33(27)44(35(31)45)22-26-15-18-43(3)32(26)34-37-16-19-46-34/h4-6,8-9,11-16,18-21,30,39H,1,7,10,17,22-23H2,2-3H3,(H,38,40,41). The molecule has 1 fully saturated rings. The Morgan fingerprint density at radius 3 is 2.61 bits per heavy atom. The van der Waals surface area contributed by atoms with Crippen LogP contribution in [0, 0.1) is 0 Å². The highest BCUT2D eigenvalue weighted by molar-refractivity contribution is 7.13. The second kappa shape index (κ2) is 12.7. The highest BCUT2D eigenvalue weighted by atomic mass is 32.1. The predicted molar refractivity (Wildman–Crippen MR) is 188 cm³/mol. The molecule has 5 heterocycles. The number of nitrogens with one attached hydrogen (secondary N) is 2. The molecule has 46 heavy (non-hydrogen) atoms. The zero-order chi connectivity index (χ0) is 31.6. The van der Waals surface area contributed by atoms with Crippen LogP contribution in [0.15, 0.2) is 102 Å². The molecule has 6 aromatic rings. The summed E-state index contributed by atoms with van der Waals surface area (Å²) in [5, 5.41) is 10.6. The molecule has 4 aromatic heterocycles. The van der Waals surface area contributed by atoms with Crippen molar-refractivity contribution in [3.05, 3.63) is 124 Å². The third-order valence-corrected chi connectivity index (χ3v) is 9.31. The third kappa shape index (κ3) is 6.09. The summed E-state index contributed by atoms with van der Waals surface area (Å²) in [5.41, 5.74) is 6.34. The van der Waals surface area contributed by atoms with Gasteiger partial charge in [-0.25, -0.2) is 9.97 Å². The smallest absolute Gasteiger partial charge is 0.260 e. The van der Waals surface area contributed by atoms with E-state index in [1.54, 1.807) is 28.3 Å². The zero-order valence-corrected chi connectivity index (χ0v) is 26.8. The number of piperidine rings is 1. The average molecular weight is 629 g/mol. The Balaban J connectivity index is 1.24. The van der Waals surface area contributed by atoms with E-state index in [0.717, 1.165) is 51.7 Å². The van der Waals surface area contributed by atoms with Crippen LogP contribution in [0.5, 0.6) is 0 Å². The molecular weight excluding hydrogens is 593 g/mol. The number of thiazole rings is 1. The zero-order valence-electron chi connectivity index (χ0n) is 26.0. The largest absolute Gasteiger partial charge is 0.381 e. The molecule has 1 atom stereocenters. The number of anilines is 3. The van der Waals surface area contributed by atoms with Gasteiger partial charge in [-0.05, 0) is 74.0 Å². The van der Waals surface area contributed by atoms with Gasteiger partial charge in [-0.2, -0.15) is 4.98 Å². The molecule has 0 bridgehead atoms. The lowest BCUT2D eigenvalue weighted by Gasteiger charge is -2.30. The van der Waals surface area contributed by atoms with Gasteiger partial charge in [0.1, 0.15) is 10.7 Å². The fourth-order valence-corrected chi connectivity index (χ4v) is 6.94. The van der Waals surface area contributed by atoms with E-state index in [-0.39, 0.29) is 5.56 Å². The highest BCUT2D eigenvalue weighted by Gasteiger charge is 2.20. The fraction of sp³-hybridized carbons (Fsp3) is 0.222. The predicted octanol–water partition coefficient (Wildman–Crippen LogP) is 6.61. The molecule has 0 spiro atoms. The Hall–Kier alpha value is -5.06. The van der Waals surface area contributed by atoms with Crippen molar-refractivity contribution in [1.29, 1.82) is 0 Å². The molecule has 2 N–H and O–H groups in total. The first-order valence-corrected chi connectivity index (χ1v) is 16.3. The van der Waals surface area contributed by atoms with Crippen LogP contribution in [0.25, 0.3) is 27.3 Å². The minimum atomic E-state index is -0.163. The van der Waals surface area contributed by atoms with E-state index in [9.17, 15) is 4.79 Å². The lowest BCUT2D eigenvalue weighted by molar-refractivity contribution is 0.261. The molecule has 0 radical (unpaired) electrons. The van der Waals surface area contributed by atoms with Crippen LogP contribution in [-0.4, -0.2) is 55.2 Å². The quantitative estimate of drug-likeness (QED) is 0.186. The summed E-state index contributed by atoms with van der Waals surface area (Å²) in [6.07, 6.45) is 7.94. The van der Waals surface area contributed by atoms with Crippen molar-refractivity contribution < 1.29 is 0 Å². The van der Waals surface area contributed by atoms with Gasteiger partial charge in [0.2, 0.25) is 5.95 Å². The van der Waals surface area contributed by atoms with E-state index in [1.165, 1.54) is 12.8 Å². The van der Waals surface area contributed by atoms with Crippen molar-refractivity contribution in [3.8, 4) is 10.7 Å². The number of pyridine rings is 1. The SMILES string of the molecule is C=C(c1ccccc1)c1cc2cnc(Nc3ccc(NC4CCCN(C)C4)cc3)nc2n(Cc2ccn(C)c2-c2nccs2)c1=O. The molecule has 1 aliphatic rings. The summed E-state index contributed by atoms with van der Waals surface area (Å²) in [6.45, 7) is 6.82. The van der Waals surface area contributed by atoms with Crippen molar-refractivity contribution in [2.45, 2.75) is 25.4 Å². The maximum Gasteiger partial charge on any atom is 0.260 e. The summed E-state index contributed by atoms with van der Waals surface area (Å²) in [7, 11) is 4.16. The van der Waals surface area contributed by atoms with E-state index in [0.29, 0.717) is 35.3 Å². The van der Waals surface area contributed by atoms with Gasteiger partial charge >= 0.3 is 0 Å². The molecule has 1 unspecified atom stereocenters. The van der Waals surface area contributed by atoms with Crippen molar-refractivity contribution >= 4 is 45.3 Å². The topological polar surface area (TPSA) is 92.9 Å².